The lowest BCUT2D eigenvalue weighted by atomic mass is 10.1. The molecule has 1 atom stereocenters. The number of hydrogen-bond donors (Lipinski definition) is 1. The van der Waals surface area contributed by atoms with Gasteiger partial charge in [0.2, 0.25) is 0 Å². The highest BCUT2D eigenvalue weighted by molar-refractivity contribution is 7.30. The summed E-state index contributed by atoms with van der Waals surface area (Å²) in [6.07, 6.45) is 7.38. The van der Waals surface area contributed by atoms with Gasteiger partial charge in [-0.3, -0.25) is 4.79 Å². The molecule has 19 heavy (non-hydrogen) atoms. The number of allylic oxidation sites excluding steroid dienone is 2. The topological polar surface area (TPSA) is 69.6 Å². The van der Waals surface area contributed by atoms with Crippen LogP contribution in [0.1, 0.15) is 12.5 Å². The summed E-state index contributed by atoms with van der Waals surface area (Å²) in [6, 6.07) is 5.68. The third-order valence-electron chi connectivity index (χ3n) is 2.41. The molecule has 1 aliphatic heterocycles. The Balaban J connectivity index is 0.000000297. The number of fused-ring (bicyclic) bond motifs is 3. The molecule has 0 aliphatic carbocycles. The molecule has 0 spiro atoms. The van der Waals surface area contributed by atoms with Crippen LogP contribution in [-0.4, -0.2) is 15.6 Å². The summed E-state index contributed by atoms with van der Waals surface area (Å²) in [6.45, 7) is 1.08. The van der Waals surface area contributed by atoms with E-state index in [1.807, 2.05) is 36.4 Å². The van der Waals surface area contributed by atoms with Crippen LogP contribution in [0.15, 0.2) is 42.0 Å². The summed E-state index contributed by atoms with van der Waals surface area (Å²) in [5.74, 6) is -0.0420. The van der Waals surface area contributed by atoms with Gasteiger partial charge in [-0.1, -0.05) is 12.2 Å². The fourth-order valence-corrected chi connectivity index (χ4v) is 2.70. The maximum absolute atomic E-state index is 11.6. The molecular weight excluding hydrogens is 264 g/mol. The van der Waals surface area contributed by atoms with E-state index in [9.17, 15) is 4.55 Å². The van der Waals surface area contributed by atoms with E-state index in [0.29, 0.717) is 0 Å². The summed E-state index contributed by atoms with van der Waals surface area (Å²) >= 11 is 0. The van der Waals surface area contributed by atoms with E-state index in [1.165, 1.54) is 0 Å². The Morgan fingerprint density at radius 1 is 1.32 bits per heavy atom. The van der Waals surface area contributed by atoms with E-state index in [1.54, 1.807) is 11.6 Å². The highest BCUT2D eigenvalue weighted by atomic mass is 32.2. The molecule has 2 aromatic rings. The van der Waals surface area contributed by atoms with Crippen LogP contribution in [0.2, 0.25) is 0 Å². The molecule has 0 saturated carbocycles. The second-order valence-corrected chi connectivity index (χ2v) is 5.13. The molecule has 1 unspecified atom stereocenters. The zero-order chi connectivity index (χ0) is 13.8. The van der Waals surface area contributed by atoms with Crippen molar-refractivity contribution in [1.29, 1.82) is 0 Å². The normalized spacial score (nSPS) is 13.1. The van der Waals surface area contributed by atoms with E-state index in [2.05, 4.69) is 0 Å². The minimum atomic E-state index is -1.01. The van der Waals surface area contributed by atoms with Gasteiger partial charge in [-0.15, -0.1) is 0 Å². The number of carboxylic acid groups (broad SMARTS) is 1. The molecule has 5 heteroatoms. The van der Waals surface area contributed by atoms with Crippen LogP contribution >= 0.6 is 10.8 Å². The Labute approximate surface area is 113 Å². The number of hydrogen-bond acceptors (Lipinski definition) is 3. The lowest BCUT2D eigenvalue weighted by Gasteiger charge is -2.03. The number of rotatable bonds is 0. The molecule has 2 heterocycles. The summed E-state index contributed by atoms with van der Waals surface area (Å²) in [7, 11) is -1.01. The molecule has 0 amide bonds. The quantitative estimate of drug-likeness (QED) is 0.747. The summed E-state index contributed by atoms with van der Waals surface area (Å²) in [5, 5.41) is 10.0. The van der Waals surface area contributed by atoms with Crippen LogP contribution in [-0.2, 0) is 4.79 Å². The predicted molar refractivity (Wildman–Crippen MR) is 74.7 cm³/mol. The van der Waals surface area contributed by atoms with Gasteiger partial charge in [-0.2, -0.15) is 0 Å². The van der Waals surface area contributed by atoms with Gasteiger partial charge in [-0.05, 0) is 29.0 Å². The third-order valence-corrected chi connectivity index (χ3v) is 3.59. The van der Waals surface area contributed by atoms with E-state index in [4.69, 9.17) is 14.6 Å². The third kappa shape index (κ3) is 3.01. The maximum Gasteiger partial charge on any atom is 0.300 e. The van der Waals surface area contributed by atoms with E-state index >= 15 is 0 Å². The molecule has 0 bridgehead atoms. The van der Waals surface area contributed by atoms with Gasteiger partial charge in [0.1, 0.15) is 11.1 Å². The Morgan fingerprint density at radius 2 is 2.05 bits per heavy atom. The second kappa shape index (κ2) is 5.69. The van der Waals surface area contributed by atoms with Crippen LogP contribution in [0.3, 0.4) is 0 Å². The number of carboxylic acids is 1. The molecule has 1 aromatic heterocycles. The molecule has 1 N–H and O–H groups in total. The largest absolute Gasteiger partial charge is 0.590 e. The van der Waals surface area contributed by atoms with Crippen molar-refractivity contribution in [3.05, 3.63) is 47.6 Å². The zero-order valence-electron chi connectivity index (χ0n) is 10.2. The van der Waals surface area contributed by atoms with Gasteiger partial charge in [0.05, 0.1) is 11.6 Å². The van der Waals surface area contributed by atoms with Gasteiger partial charge >= 0.3 is 0 Å². The molecule has 3 rings (SSSR count). The average molecular weight is 276 g/mol. The minimum absolute atomic E-state index is 0.791. The Morgan fingerprint density at radius 3 is 2.79 bits per heavy atom. The maximum atomic E-state index is 11.6. The Bertz CT molecular complexity index is 663. The summed E-state index contributed by atoms with van der Waals surface area (Å²) in [5.41, 5.74) is 1.02. The molecule has 0 saturated heterocycles. The van der Waals surface area contributed by atoms with Gasteiger partial charge in [0.15, 0.2) is 4.70 Å². The fourth-order valence-electron chi connectivity index (χ4n) is 1.71. The first kappa shape index (κ1) is 13.3. The summed E-state index contributed by atoms with van der Waals surface area (Å²) in [4.78, 5) is 9.00. The molecule has 0 fully saturated rings. The first-order valence-corrected chi connectivity index (χ1v) is 6.76. The van der Waals surface area contributed by atoms with Crippen LogP contribution in [0.4, 0.5) is 0 Å². The molecular formula is C14H12O4S. The Kier molecular flexibility index (Phi) is 3.99. The zero-order valence-corrected chi connectivity index (χ0v) is 11.0. The van der Waals surface area contributed by atoms with Crippen LogP contribution in [0, 0.1) is 0 Å². The molecule has 1 aromatic carbocycles. The van der Waals surface area contributed by atoms with E-state index in [-0.39, 0.29) is 0 Å². The standard InChI is InChI=1S/C12H8O2S.C2H4O2/c13-15-8-6-10-11(15)5-4-9-3-1-2-7-14-12(9)10;1-2(3)4/h1-8H;1H3,(H,3,4). The predicted octanol–water partition coefficient (Wildman–Crippen LogP) is 3.58. The van der Waals surface area contributed by atoms with Crippen LogP contribution in [0.5, 0.6) is 5.75 Å². The van der Waals surface area contributed by atoms with Gasteiger partial charge in [0.25, 0.3) is 5.97 Å². The molecule has 1 aliphatic rings. The van der Waals surface area contributed by atoms with Gasteiger partial charge < -0.3 is 14.4 Å². The van der Waals surface area contributed by atoms with Crippen molar-refractivity contribution >= 4 is 32.9 Å². The van der Waals surface area contributed by atoms with Crippen LogP contribution < -0.4 is 4.74 Å². The first-order valence-electron chi connectivity index (χ1n) is 5.55. The highest BCUT2D eigenvalue weighted by Crippen LogP contribution is 2.38. The first-order chi connectivity index (χ1) is 9.09. The van der Waals surface area contributed by atoms with Crippen molar-refractivity contribution in [1.82, 2.24) is 0 Å². The SMILES string of the molecule is CC(=O)O.[O-][s+]1ccc2c3c(ccc21)C=CC=CO3. The van der Waals surface area contributed by atoms with Crippen molar-refractivity contribution in [2.24, 2.45) is 0 Å². The monoisotopic (exact) mass is 276 g/mol. The van der Waals surface area contributed by atoms with Gasteiger partial charge in [0, 0.05) is 18.6 Å². The van der Waals surface area contributed by atoms with E-state index in [0.717, 1.165) is 28.3 Å². The summed E-state index contributed by atoms with van der Waals surface area (Å²) < 4.78 is 17.9. The van der Waals surface area contributed by atoms with Crippen LogP contribution in [0.25, 0.3) is 16.2 Å². The fraction of sp³-hybridized carbons (Fsp3) is 0.0714. The van der Waals surface area contributed by atoms with Crippen molar-refractivity contribution in [3.8, 4) is 5.75 Å². The lowest BCUT2D eigenvalue weighted by molar-refractivity contribution is -0.134. The van der Waals surface area contributed by atoms with Gasteiger partial charge in [-0.25, -0.2) is 0 Å². The molecule has 98 valence electrons. The average Bonchev–Trinajstić information content (AvgIpc) is 2.60. The van der Waals surface area contributed by atoms with E-state index < -0.39 is 16.7 Å². The number of aliphatic carboxylic acids is 1. The smallest absolute Gasteiger partial charge is 0.300 e. The van der Waals surface area contributed by atoms with Crippen molar-refractivity contribution < 1.29 is 19.2 Å². The lowest BCUT2D eigenvalue weighted by Crippen LogP contribution is -1.84. The van der Waals surface area contributed by atoms with Crippen molar-refractivity contribution in [2.45, 2.75) is 6.92 Å². The second-order valence-electron chi connectivity index (χ2n) is 3.82. The Hall–Kier alpha value is -2.11. The molecule has 0 radical (unpaired) electrons. The minimum Gasteiger partial charge on any atom is -0.590 e. The van der Waals surface area contributed by atoms with Crippen molar-refractivity contribution in [2.75, 3.05) is 0 Å². The molecule has 4 nitrogen and oxygen atoms in total. The highest BCUT2D eigenvalue weighted by Gasteiger charge is 2.13. The number of benzene rings is 1. The number of carbonyl (C=O) groups is 1. The van der Waals surface area contributed by atoms with Crippen molar-refractivity contribution in [3.63, 3.8) is 0 Å². The number of thiophene rings is 1. The number of ether oxygens (including phenoxy) is 1.